The SMILES string of the molecule is CCO[Si](CC(C)C1CNCCO1)(OCC)OCC. The Bertz CT molecular complexity index is 220. The first kappa shape index (κ1) is 17.1. The molecule has 6 heteroatoms. The van der Waals surface area contributed by atoms with E-state index in [-0.39, 0.29) is 6.10 Å². The van der Waals surface area contributed by atoms with E-state index in [9.17, 15) is 0 Å². The number of ether oxygens (including phenoxy) is 1. The first-order chi connectivity index (χ1) is 9.17. The van der Waals surface area contributed by atoms with Crippen LogP contribution in [0.3, 0.4) is 0 Å². The van der Waals surface area contributed by atoms with Gasteiger partial charge in [0.1, 0.15) is 0 Å². The molecule has 0 saturated carbocycles. The van der Waals surface area contributed by atoms with Crippen LogP contribution in [-0.2, 0) is 18.0 Å². The van der Waals surface area contributed by atoms with Gasteiger partial charge in [0.2, 0.25) is 0 Å². The van der Waals surface area contributed by atoms with Crippen LogP contribution < -0.4 is 5.32 Å². The molecule has 1 fully saturated rings. The molecule has 5 nitrogen and oxygen atoms in total. The Morgan fingerprint density at radius 1 is 1.16 bits per heavy atom. The van der Waals surface area contributed by atoms with Gasteiger partial charge in [-0.05, 0) is 26.7 Å². The van der Waals surface area contributed by atoms with Crippen molar-refractivity contribution >= 4 is 8.80 Å². The third kappa shape index (κ3) is 5.49. The van der Waals surface area contributed by atoms with Crippen molar-refractivity contribution in [3.63, 3.8) is 0 Å². The van der Waals surface area contributed by atoms with E-state index in [2.05, 4.69) is 12.2 Å². The summed E-state index contributed by atoms with van der Waals surface area (Å²) >= 11 is 0. The van der Waals surface area contributed by atoms with E-state index in [1.807, 2.05) is 20.8 Å². The Kier molecular flexibility index (Phi) is 8.13. The summed E-state index contributed by atoms with van der Waals surface area (Å²) in [6.07, 6.45) is 0.224. The van der Waals surface area contributed by atoms with E-state index in [0.29, 0.717) is 25.7 Å². The minimum absolute atomic E-state index is 0.224. The summed E-state index contributed by atoms with van der Waals surface area (Å²) in [5.41, 5.74) is 0. The molecule has 0 bridgehead atoms. The van der Waals surface area contributed by atoms with E-state index in [1.54, 1.807) is 0 Å². The fourth-order valence-electron chi connectivity index (χ4n) is 2.44. The van der Waals surface area contributed by atoms with Crippen molar-refractivity contribution in [3.05, 3.63) is 0 Å². The first-order valence-electron chi connectivity index (χ1n) is 7.41. The van der Waals surface area contributed by atoms with E-state index in [4.69, 9.17) is 18.0 Å². The van der Waals surface area contributed by atoms with Gasteiger partial charge in [-0.25, -0.2) is 0 Å². The van der Waals surface area contributed by atoms with Gasteiger partial charge in [-0.3, -0.25) is 0 Å². The van der Waals surface area contributed by atoms with Crippen LogP contribution in [0.5, 0.6) is 0 Å². The summed E-state index contributed by atoms with van der Waals surface area (Å²) in [5.74, 6) is 0.365. The normalized spacial score (nSPS) is 22.4. The van der Waals surface area contributed by atoms with Crippen LogP contribution in [0.2, 0.25) is 6.04 Å². The topological polar surface area (TPSA) is 49.0 Å². The average Bonchev–Trinajstić information content (AvgIpc) is 2.40. The predicted molar refractivity (Wildman–Crippen MR) is 77.2 cm³/mol. The van der Waals surface area contributed by atoms with Crippen LogP contribution in [0.25, 0.3) is 0 Å². The summed E-state index contributed by atoms with van der Waals surface area (Å²) in [7, 11) is -2.55. The molecule has 0 radical (unpaired) electrons. The molecule has 19 heavy (non-hydrogen) atoms. The molecule has 2 unspecified atom stereocenters. The van der Waals surface area contributed by atoms with Crippen LogP contribution in [0.4, 0.5) is 0 Å². The molecule has 1 rings (SSSR count). The highest BCUT2D eigenvalue weighted by Gasteiger charge is 2.43. The second-order valence-corrected chi connectivity index (χ2v) is 7.42. The van der Waals surface area contributed by atoms with E-state index >= 15 is 0 Å². The lowest BCUT2D eigenvalue weighted by molar-refractivity contribution is -0.00873. The number of rotatable bonds is 9. The zero-order valence-corrected chi connectivity index (χ0v) is 13.7. The van der Waals surface area contributed by atoms with Crippen molar-refractivity contribution in [2.75, 3.05) is 39.5 Å². The molecule has 2 atom stereocenters. The smallest absolute Gasteiger partial charge is 0.375 e. The lowest BCUT2D eigenvalue weighted by Crippen LogP contribution is -2.50. The van der Waals surface area contributed by atoms with Gasteiger partial charge in [0.25, 0.3) is 0 Å². The molecular formula is C13H29NO4Si. The molecule has 1 aliphatic rings. The largest absolute Gasteiger partial charge is 0.501 e. The Morgan fingerprint density at radius 2 is 1.74 bits per heavy atom. The summed E-state index contributed by atoms with van der Waals surface area (Å²) in [5, 5.41) is 3.37. The molecule has 1 aliphatic heterocycles. The first-order valence-corrected chi connectivity index (χ1v) is 9.34. The molecule has 0 amide bonds. The maximum absolute atomic E-state index is 5.89. The van der Waals surface area contributed by atoms with E-state index in [0.717, 1.165) is 25.7 Å². The highest BCUT2D eigenvalue weighted by molar-refractivity contribution is 6.60. The average molecular weight is 291 g/mol. The van der Waals surface area contributed by atoms with Gasteiger partial charge < -0.3 is 23.3 Å². The van der Waals surface area contributed by atoms with E-state index in [1.165, 1.54) is 0 Å². The Balaban J connectivity index is 2.62. The van der Waals surface area contributed by atoms with Gasteiger partial charge in [0.05, 0.1) is 12.7 Å². The van der Waals surface area contributed by atoms with Crippen molar-refractivity contribution < 1.29 is 18.0 Å². The Morgan fingerprint density at radius 3 is 2.16 bits per heavy atom. The lowest BCUT2D eigenvalue weighted by Gasteiger charge is -2.34. The maximum Gasteiger partial charge on any atom is 0.501 e. The van der Waals surface area contributed by atoms with Crippen LogP contribution in [-0.4, -0.2) is 54.4 Å². The summed E-state index contributed by atoms with van der Waals surface area (Å²) in [6, 6.07) is 0.814. The van der Waals surface area contributed by atoms with Crippen molar-refractivity contribution in [1.29, 1.82) is 0 Å². The highest BCUT2D eigenvalue weighted by Crippen LogP contribution is 2.25. The molecule has 114 valence electrons. The summed E-state index contributed by atoms with van der Waals surface area (Å²) in [4.78, 5) is 0. The van der Waals surface area contributed by atoms with Gasteiger partial charge in [-0.1, -0.05) is 6.92 Å². The molecular weight excluding hydrogens is 262 g/mol. The molecule has 0 aromatic rings. The third-order valence-corrected chi connectivity index (χ3v) is 6.59. The fraction of sp³-hybridized carbons (Fsp3) is 1.00. The van der Waals surface area contributed by atoms with Gasteiger partial charge in [-0.2, -0.15) is 0 Å². The quantitative estimate of drug-likeness (QED) is 0.655. The number of nitrogens with one attached hydrogen (secondary N) is 1. The summed E-state index contributed by atoms with van der Waals surface area (Å²) in [6.45, 7) is 12.7. The second kappa shape index (κ2) is 9.04. The standard InChI is InChI=1S/C13H29NO4Si/c1-5-16-19(17-6-2,18-7-3)11-12(4)13-10-14-8-9-15-13/h12-14H,5-11H2,1-4H3. The molecule has 1 saturated heterocycles. The minimum Gasteiger partial charge on any atom is -0.375 e. The van der Waals surface area contributed by atoms with Gasteiger partial charge in [0.15, 0.2) is 0 Å². The summed E-state index contributed by atoms with van der Waals surface area (Å²) < 4.78 is 23.5. The third-order valence-electron chi connectivity index (χ3n) is 3.26. The van der Waals surface area contributed by atoms with Crippen LogP contribution in [0.15, 0.2) is 0 Å². The van der Waals surface area contributed by atoms with Crippen molar-refractivity contribution in [2.24, 2.45) is 5.92 Å². The van der Waals surface area contributed by atoms with Crippen molar-refractivity contribution in [2.45, 2.75) is 39.8 Å². The van der Waals surface area contributed by atoms with Crippen molar-refractivity contribution in [1.82, 2.24) is 5.32 Å². The zero-order valence-electron chi connectivity index (χ0n) is 12.7. The van der Waals surface area contributed by atoms with Crippen LogP contribution >= 0.6 is 0 Å². The molecule has 0 aromatic heterocycles. The maximum atomic E-state index is 5.89. The van der Waals surface area contributed by atoms with Gasteiger partial charge in [-0.15, -0.1) is 0 Å². The zero-order chi connectivity index (χ0) is 14.1. The van der Waals surface area contributed by atoms with Crippen LogP contribution in [0.1, 0.15) is 27.7 Å². The lowest BCUT2D eigenvalue weighted by atomic mass is 10.1. The van der Waals surface area contributed by atoms with Crippen LogP contribution in [0, 0.1) is 5.92 Å². The second-order valence-electron chi connectivity index (χ2n) is 4.78. The molecule has 1 N–H and O–H groups in total. The molecule has 1 heterocycles. The minimum atomic E-state index is -2.55. The van der Waals surface area contributed by atoms with E-state index < -0.39 is 8.80 Å². The number of morpholine rings is 1. The van der Waals surface area contributed by atoms with Crippen molar-refractivity contribution in [3.8, 4) is 0 Å². The van der Waals surface area contributed by atoms with Gasteiger partial charge >= 0.3 is 8.80 Å². The molecule has 0 aromatic carbocycles. The number of hydrogen-bond donors (Lipinski definition) is 1. The number of hydrogen-bond acceptors (Lipinski definition) is 5. The molecule has 0 aliphatic carbocycles. The Hall–Kier alpha value is 0.0169. The van der Waals surface area contributed by atoms with Gasteiger partial charge in [0, 0.05) is 39.0 Å². The Labute approximate surface area is 118 Å². The highest BCUT2D eigenvalue weighted by atomic mass is 28.4. The predicted octanol–water partition coefficient (Wildman–Crippen LogP) is 1.66. The monoisotopic (exact) mass is 291 g/mol. The fourth-order valence-corrected chi connectivity index (χ4v) is 5.41. The molecule has 0 spiro atoms.